The highest BCUT2D eigenvalue weighted by molar-refractivity contribution is 5.91. The van der Waals surface area contributed by atoms with Crippen LogP contribution in [0.5, 0.6) is 6.01 Å². The topological polar surface area (TPSA) is 80.2 Å². The smallest absolute Gasteiger partial charge is 0.318 e. The second-order valence-corrected chi connectivity index (χ2v) is 7.35. The lowest BCUT2D eigenvalue weighted by Crippen LogP contribution is -2.28. The molecule has 152 valence electrons. The Balaban J connectivity index is 1.21. The lowest BCUT2D eigenvalue weighted by Gasteiger charge is -2.21. The third-order valence-corrected chi connectivity index (χ3v) is 5.54. The van der Waals surface area contributed by atoms with Gasteiger partial charge in [0.05, 0.1) is 12.8 Å². The van der Waals surface area contributed by atoms with E-state index in [0.29, 0.717) is 36.7 Å². The first-order chi connectivity index (χ1) is 14.2. The average Bonchev–Trinajstić information content (AvgIpc) is 3.18. The zero-order valence-electron chi connectivity index (χ0n) is 16.3. The van der Waals surface area contributed by atoms with Gasteiger partial charge in [-0.25, -0.2) is 9.37 Å². The Morgan fingerprint density at radius 2 is 2.21 bits per heavy atom. The van der Waals surface area contributed by atoms with Crippen molar-refractivity contribution in [2.75, 3.05) is 31.1 Å². The first-order valence-corrected chi connectivity index (χ1v) is 9.92. The van der Waals surface area contributed by atoms with Crippen LogP contribution in [-0.2, 0) is 4.79 Å². The largest absolute Gasteiger partial charge is 0.464 e. The number of pyridine rings is 1. The van der Waals surface area contributed by atoms with Gasteiger partial charge in [-0.1, -0.05) is 6.07 Å². The lowest BCUT2D eigenvalue weighted by molar-refractivity contribution is -0.116. The highest BCUT2D eigenvalue weighted by Crippen LogP contribution is 2.54. The number of nitrogens with zero attached hydrogens (tertiary/aromatic N) is 4. The summed E-state index contributed by atoms with van der Waals surface area (Å²) in [5, 5.41) is 2.93. The van der Waals surface area contributed by atoms with Gasteiger partial charge in [0, 0.05) is 38.1 Å². The number of anilines is 1. The van der Waals surface area contributed by atoms with Crippen molar-refractivity contribution < 1.29 is 13.9 Å². The lowest BCUT2D eigenvalue weighted by atomic mass is 10.2. The molecular formula is C21H24FN5O2. The fourth-order valence-electron chi connectivity index (χ4n) is 4.08. The van der Waals surface area contributed by atoms with Crippen LogP contribution in [0.1, 0.15) is 18.9 Å². The molecule has 3 heterocycles. The van der Waals surface area contributed by atoms with Crippen LogP contribution >= 0.6 is 0 Å². The van der Waals surface area contributed by atoms with Crippen molar-refractivity contribution in [3.63, 3.8) is 0 Å². The third-order valence-electron chi connectivity index (χ3n) is 5.54. The number of ether oxygens (including phenoxy) is 1. The highest BCUT2D eigenvalue weighted by Gasteiger charge is 2.55. The summed E-state index contributed by atoms with van der Waals surface area (Å²) in [6, 6.07) is 3.94. The fourth-order valence-corrected chi connectivity index (χ4v) is 4.08. The number of amides is 1. The Hall–Kier alpha value is -3.03. The van der Waals surface area contributed by atoms with Crippen molar-refractivity contribution in [2.24, 2.45) is 17.8 Å². The van der Waals surface area contributed by atoms with E-state index in [1.165, 1.54) is 12.3 Å². The molecule has 0 radical (unpaired) electrons. The van der Waals surface area contributed by atoms with E-state index in [0.717, 1.165) is 25.1 Å². The van der Waals surface area contributed by atoms with Gasteiger partial charge in [-0.3, -0.25) is 9.78 Å². The molecule has 1 saturated carbocycles. The van der Waals surface area contributed by atoms with Crippen LogP contribution in [0.25, 0.3) is 6.08 Å². The molecule has 1 aliphatic carbocycles. The molecule has 2 fully saturated rings. The molecule has 1 N–H and O–H groups in total. The normalized spacial score (nSPS) is 22.6. The first kappa shape index (κ1) is 19.3. The number of hydrogen-bond acceptors (Lipinski definition) is 6. The summed E-state index contributed by atoms with van der Waals surface area (Å²) in [5.74, 6) is 1.44. The van der Waals surface area contributed by atoms with E-state index in [-0.39, 0.29) is 11.9 Å². The van der Waals surface area contributed by atoms with Crippen LogP contribution in [0.2, 0.25) is 0 Å². The van der Waals surface area contributed by atoms with Gasteiger partial charge in [-0.05, 0) is 48.8 Å². The molecule has 1 amide bonds. The molecule has 1 unspecified atom stereocenters. The summed E-state index contributed by atoms with van der Waals surface area (Å²) in [6.07, 6.45) is 8.79. The van der Waals surface area contributed by atoms with E-state index < -0.39 is 5.82 Å². The second-order valence-electron chi connectivity index (χ2n) is 7.35. The molecule has 29 heavy (non-hydrogen) atoms. The number of hydrogen-bond donors (Lipinski definition) is 1. The van der Waals surface area contributed by atoms with Crippen LogP contribution in [0.15, 0.2) is 36.8 Å². The van der Waals surface area contributed by atoms with Crippen molar-refractivity contribution in [1.29, 1.82) is 0 Å². The number of carbonyl (C=O) groups is 1. The summed E-state index contributed by atoms with van der Waals surface area (Å²) in [4.78, 5) is 26.0. The summed E-state index contributed by atoms with van der Waals surface area (Å²) in [6.45, 7) is 4.49. The Bertz CT molecular complexity index is 880. The monoisotopic (exact) mass is 397 g/mol. The van der Waals surface area contributed by atoms with E-state index in [2.05, 4.69) is 20.3 Å². The molecule has 0 spiro atoms. The van der Waals surface area contributed by atoms with Crippen molar-refractivity contribution in [3.8, 4) is 6.01 Å². The quantitative estimate of drug-likeness (QED) is 0.689. The average molecular weight is 397 g/mol. The molecule has 4 rings (SSSR count). The zero-order valence-corrected chi connectivity index (χ0v) is 16.3. The van der Waals surface area contributed by atoms with Gasteiger partial charge in [0.15, 0.2) is 11.6 Å². The van der Waals surface area contributed by atoms with Gasteiger partial charge in [0.2, 0.25) is 5.91 Å². The minimum atomic E-state index is -0.418. The number of fused-ring (bicyclic) bond motifs is 1. The van der Waals surface area contributed by atoms with Crippen LogP contribution < -0.4 is 15.0 Å². The van der Waals surface area contributed by atoms with E-state index in [9.17, 15) is 9.18 Å². The second kappa shape index (κ2) is 8.55. The molecular weight excluding hydrogens is 373 g/mol. The summed E-state index contributed by atoms with van der Waals surface area (Å²) >= 11 is 0. The van der Waals surface area contributed by atoms with Gasteiger partial charge in [0.25, 0.3) is 0 Å². The van der Waals surface area contributed by atoms with Gasteiger partial charge < -0.3 is 15.0 Å². The van der Waals surface area contributed by atoms with Gasteiger partial charge >= 0.3 is 6.01 Å². The predicted octanol–water partition coefficient (Wildman–Crippen LogP) is 2.31. The molecule has 1 aliphatic heterocycles. The molecule has 0 bridgehead atoms. The molecule has 2 aromatic heterocycles. The van der Waals surface area contributed by atoms with Crippen molar-refractivity contribution in [2.45, 2.75) is 13.3 Å². The minimum Gasteiger partial charge on any atom is -0.464 e. The number of halogens is 1. The van der Waals surface area contributed by atoms with Crippen LogP contribution in [-0.4, -0.2) is 47.1 Å². The van der Waals surface area contributed by atoms with Gasteiger partial charge in [-0.15, -0.1) is 0 Å². The minimum absolute atomic E-state index is 0.104. The molecule has 8 heteroatoms. The molecule has 0 aromatic carbocycles. The first-order valence-electron chi connectivity index (χ1n) is 9.92. The SMILES string of the molecule is CCOc1ncc(F)c(N2C[C@@H]3C(CCNC(=O)/C=C/c4cccnc4)[C@@H]3C2)n1. The zero-order chi connectivity index (χ0) is 20.2. The molecule has 3 atom stereocenters. The molecule has 2 aliphatic rings. The fraction of sp³-hybridized carbons (Fsp3) is 0.429. The Kier molecular flexibility index (Phi) is 5.69. The standard InChI is InChI=1S/C21H24FN5O2/c1-2-29-21-25-11-18(22)20(26-21)27-12-16-15(17(16)13-27)7-9-24-19(28)6-5-14-4-3-8-23-10-14/h3-6,8,10-11,15-17H,2,7,9,12-13H2,1H3,(H,24,28)/b6-5+/t15?,16-,17+. The Morgan fingerprint density at radius 1 is 1.38 bits per heavy atom. The van der Waals surface area contributed by atoms with E-state index in [4.69, 9.17) is 4.74 Å². The number of aromatic nitrogens is 3. The number of carbonyl (C=O) groups excluding carboxylic acids is 1. The maximum atomic E-state index is 14.1. The molecule has 2 aromatic rings. The predicted molar refractivity (Wildman–Crippen MR) is 107 cm³/mol. The summed E-state index contributed by atoms with van der Waals surface area (Å²) < 4.78 is 19.4. The Morgan fingerprint density at radius 3 is 2.93 bits per heavy atom. The van der Waals surface area contributed by atoms with Crippen LogP contribution in [0, 0.1) is 23.6 Å². The highest BCUT2D eigenvalue weighted by atomic mass is 19.1. The third kappa shape index (κ3) is 4.52. The van der Waals surface area contributed by atoms with E-state index in [1.54, 1.807) is 18.5 Å². The van der Waals surface area contributed by atoms with Gasteiger partial charge in [-0.2, -0.15) is 4.98 Å². The number of piperidine rings is 1. The Labute approximate surface area is 169 Å². The van der Waals surface area contributed by atoms with Crippen LogP contribution in [0.4, 0.5) is 10.2 Å². The van der Waals surface area contributed by atoms with Gasteiger partial charge in [0.1, 0.15) is 0 Å². The van der Waals surface area contributed by atoms with Crippen molar-refractivity contribution in [1.82, 2.24) is 20.3 Å². The van der Waals surface area contributed by atoms with Crippen LogP contribution in [0.3, 0.4) is 0 Å². The maximum Gasteiger partial charge on any atom is 0.318 e. The number of nitrogens with one attached hydrogen (secondary N) is 1. The molecule has 7 nitrogen and oxygen atoms in total. The summed E-state index contributed by atoms with van der Waals surface area (Å²) in [5.41, 5.74) is 0.893. The summed E-state index contributed by atoms with van der Waals surface area (Å²) in [7, 11) is 0. The van der Waals surface area contributed by atoms with E-state index in [1.807, 2.05) is 24.0 Å². The van der Waals surface area contributed by atoms with Crippen molar-refractivity contribution in [3.05, 3.63) is 48.2 Å². The number of rotatable bonds is 8. The maximum absolute atomic E-state index is 14.1. The van der Waals surface area contributed by atoms with Crippen molar-refractivity contribution >= 4 is 17.8 Å². The molecule has 1 saturated heterocycles. The van der Waals surface area contributed by atoms with E-state index >= 15 is 0 Å².